The van der Waals surface area contributed by atoms with E-state index in [4.69, 9.17) is 4.74 Å². The fraction of sp³-hybridized carbons (Fsp3) is 0.538. The summed E-state index contributed by atoms with van der Waals surface area (Å²) in [5, 5.41) is 12.8. The largest absolute Gasteiger partial charge is 0.505 e. The Morgan fingerprint density at radius 2 is 2.41 bits per heavy atom. The van der Waals surface area contributed by atoms with E-state index in [0.29, 0.717) is 24.1 Å². The third-order valence-corrected chi connectivity index (χ3v) is 3.36. The van der Waals surface area contributed by atoms with Gasteiger partial charge in [-0.15, -0.1) is 0 Å². The molecular weight excluding hydrogens is 221 g/mol. The molecule has 2 rings (SSSR count). The molecule has 0 bridgehead atoms. The maximum atomic E-state index is 13.1. The van der Waals surface area contributed by atoms with Gasteiger partial charge < -0.3 is 15.2 Å². The van der Waals surface area contributed by atoms with Gasteiger partial charge in [0.05, 0.1) is 6.61 Å². The van der Waals surface area contributed by atoms with E-state index >= 15 is 0 Å². The molecule has 3 nitrogen and oxygen atoms in total. The highest BCUT2D eigenvalue weighted by atomic mass is 19.1. The normalized spacial score (nSPS) is 21.6. The number of benzene rings is 1. The maximum absolute atomic E-state index is 13.1. The number of phenolic OH excluding ortho intramolecular Hbond substituents is 1. The zero-order chi connectivity index (χ0) is 12.3. The molecule has 1 saturated heterocycles. The number of hydrogen-bond acceptors (Lipinski definition) is 3. The first-order valence-electron chi connectivity index (χ1n) is 5.96. The lowest BCUT2D eigenvalue weighted by atomic mass is 10.0. The van der Waals surface area contributed by atoms with E-state index in [1.165, 1.54) is 6.07 Å². The lowest BCUT2D eigenvalue weighted by molar-refractivity contribution is 0.178. The molecule has 4 heteroatoms. The van der Waals surface area contributed by atoms with Gasteiger partial charge in [-0.2, -0.15) is 0 Å². The summed E-state index contributed by atoms with van der Waals surface area (Å²) in [7, 11) is 0. The quantitative estimate of drug-likeness (QED) is 0.845. The number of aromatic hydroxyl groups is 1. The van der Waals surface area contributed by atoms with Crippen molar-refractivity contribution in [3.05, 3.63) is 29.6 Å². The number of halogens is 1. The Morgan fingerprint density at radius 3 is 3.12 bits per heavy atom. The van der Waals surface area contributed by atoms with E-state index in [2.05, 4.69) is 12.2 Å². The summed E-state index contributed by atoms with van der Waals surface area (Å²) in [5.74, 6) is -0.318. The minimum atomic E-state index is -0.568. The highest BCUT2D eigenvalue weighted by molar-refractivity contribution is 5.33. The predicted molar refractivity (Wildman–Crippen MR) is 63.3 cm³/mol. The molecule has 0 amide bonds. The van der Waals surface area contributed by atoms with Crippen LogP contribution in [0.4, 0.5) is 4.39 Å². The Balaban J connectivity index is 1.90. The van der Waals surface area contributed by atoms with Crippen molar-refractivity contribution in [3.8, 4) is 5.75 Å². The van der Waals surface area contributed by atoms with Crippen LogP contribution in [0.2, 0.25) is 0 Å². The van der Waals surface area contributed by atoms with Crippen molar-refractivity contribution in [2.24, 2.45) is 5.92 Å². The predicted octanol–water partition coefficient (Wildman–Crippen LogP) is 2.05. The van der Waals surface area contributed by atoms with Crippen LogP contribution in [-0.4, -0.2) is 24.4 Å². The first-order valence-corrected chi connectivity index (χ1v) is 5.96. The van der Waals surface area contributed by atoms with Gasteiger partial charge in [-0.3, -0.25) is 0 Å². The summed E-state index contributed by atoms with van der Waals surface area (Å²) in [6.45, 7) is 4.17. The average Bonchev–Trinajstić information content (AvgIpc) is 2.84. The smallest absolute Gasteiger partial charge is 0.165 e. The van der Waals surface area contributed by atoms with Crippen molar-refractivity contribution >= 4 is 0 Å². The number of rotatable bonds is 4. The van der Waals surface area contributed by atoms with Gasteiger partial charge in [-0.05, 0) is 25.3 Å². The van der Waals surface area contributed by atoms with E-state index in [9.17, 15) is 9.50 Å². The number of hydrogen-bond donors (Lipinski definition) is 2. The molecule has 17 heavy (non-hydrogen) atoms. The van der Waals surface area contributed by atoms with Crippen molar-refractivity contribution in [1.82, 2.24) is 5.32 Å². The summed E-state index contributed by atoms with van der Waals surface area (Å²) < 4.78 is 18.4. The van der Waals surface area contributed by atoms with Crippen molar-refractivity contribution < 1.29 is 14.2 Å². The van der Waals surface area contributed by atoms with Crippen LogP contribution in [0.15, 0.2) is 18.2 Å². The van der Waals surface area contributed by atoms with E-state index in [1.807, 2.05) is 0 Å². The highest BCUT2D eigenvalue weighted by Gasteiger charge is 2.22. The number of nitrogens with one attached hydrogen (secondary N) is 1. The second kappa shape index (κ2) is 5.47. The van der Waals surface area contributed by atoms with Crippen LogP contribution in [0.1, 0.15) is 18.9 Å². The highest BCUT2D eigenvalue weighted by Crippen LogP contribution is 2.21. The van der Waals surface area contributed by atoms with Crippen LogP contribution < -0.4 is 5.32 Å². The molecule has 0 aliphatic carbocycles. The average molecular weight is 239 g/mol. The second-order valence-corrected chi connectivity index (χ2v) is 4.54. The molecule has 1 aliphatic rings. The zero-order valence-electron chi connectivity index (χ0n) is 9.95. The topological polar surface area (TPSA) is 41.5 Å². The van der Waals surface area contributed by atoms with E-state index in [-0.39, 0.29) is 5.75 Å². The summed E-state index contributed by atoms with van der Waals surface area (Å²) in [5.41, 5.74) is 0.593. The molecule has 0 radical (unpaired) electrons. The third-order valence-electron chi connectivity index (χ3n) is 3.36. The lowest BCUT2D eigenvalue weighted by Gasteiger charge is -2.19. The minimum Gasteiger partial charge on any atom is -0.505 e. The van der Waals surface area contributed by atoms with Gasteiger partial charge in [0.1, 0.15) is 0 Å². The van der Waals surface area contributed by atoms with E-state index in [0.717, 1.165) is 19.6 Å². The second-order valence-electron chi connectivity index (χ2n) is 4.54. The Hall–Kier alpha value is -1.13. The standard InChI is InChI=1S/C13H18FNO2/c1-9(11-5-6-17-8-11)15-7-10-3-2-4-12(14)13(10)16/h2-4,9,11,15-16H,5-8H2,1H3. The first-order chi connectivity index (χ1) is 8.18. The monoisotopic (exact) mass is 239 g/mol. The summed E-state index contributed by atoms with van der Waals surface area (Å²) >= 11 is 0. The minimum absolute atomic E-state index is 0.255. The number of para-hydroxylation sites is 1. The molecule has 2 N–H and O–H groups in total. The molecule has 0 aromatic heterocycles. The van der Waals surface area contributed by atoms with Crippen LogP contribution >= 0.6 is 0 Å². The van der Waals surface area contributed by atoms with Gasteiger partial charge in [-0.1, -0.05) is 12.1 Å². The molecule has 94 valence electrons. The molecule has 1 aromatic rings. The number of ether oxygens (including phenoxy) is 1. The van der Waals surface area contributed by atoms with E-state index in [1.54, 1.807) is 12.1 Å². The molecule has 1 aliphatic heterocycles. The molecule has 0 spiro atoms. The first kappa shape index (κ1) is 12.3. The van der Waals surface area contributed by atoms with Crippen LogP contribution in [0.25, 0.3) is 0 Å². The fourth-order valence-electron chi connectivity index (χ4n) is 2.09. The summed E-state index contributed by atoms with van der Waals surface area (Å²) in [6.07, 6.45) is 1.06. The van der Waals surface area contributed by atoms with Crippen molar-refractivity contribution in [2.45, 2.75) is 25.9 Å². The van der Waals surface area contributed by atoms with Crippen molar-refractivity contribution in [2.75, 3.05) is 13.2 Å². The molecule has 1 heterocycles. The molecule has 1 aromatic carbocycles. The van der Waals surface area contributed by atoms with Gasteiger partial charge in [0.25, 0.3) is 0 Å². The van der Waals surface area contributed by atoms with E-state index < -0.39 is 5.82 Å². The Morgan fingerprint density at radius 1 is 1.59 bits per heavy atom. The van der Waals surface area contributed by atoms with Gasteiger partial charge in [0, 0.05) is 24.8 Å². The van der Waals surface area contributed by atoms with Crippen LogP contribution in [0, 0.1) is 11.7 Å². The van der Waals surface area contributed by atoms with Crippen molar-refractivity contribution in [1.29, 1.82) is 0 Å². The maximum Gasteiger partial charge on any atom is 0.165 e. The number of phenols is 1. The van der Waals surface area contributed by atoms with Gasteiger partial charge in [0.2, 0.25) is 0 Å². The summed E-state index contributed by atoms with van der Waals surface area (Å²) in [4.78, 5) is 0. The molecule has 0 saturated carbocycles. The van der Waals surface area contributed by atoms with Crippen molar-refractivity contribution in [3.63, 3.8) is 0 Å². The fourth-order valence-corrected chi connectivity index (χ4v) is 2.09. The third kappa shape index (κ3) is 2.96. The van der Waals surface area contributed by atoms with Crippen LogP contribution in [0.3, 0.4) is 0 Å². The SMILES string of the molecule is CC(NCc1cccc(F)c1O)C1CCOC1. The van der Waals surface area contributed by atoms with Gasteiger partial charge >= 0.3 is 0 Å². The molecular formula is C13H18FNO2. The summed E-state index contributed by atoms with van der Waals surface area (Å²) in [6, 6.07) is 4.89. The lowest BCUT2D eigenvalue weighted by Crippen LogP contribution is -2.33. The Labute approximate surface area is 101 Å². The molecule has 2 unspecified atom stereocenters. The van der Waals surface area contributed by atoms with Gasteiger partial charge in [-0.25, -0.2) is 4.39 Å². The molecule has 2 atom stereocenters. The Kier molecular flexibility index (Phi) is 3.97. The van der Waals surface area contributed by atoms with Crippen LogP contribution in [0.5, 0.6) is 5.75 Å². The molecule has 1 fully saturated rings. The Bertz CT molecular complexity index is 378. The van der Waals surface area contributed by atoms with Crippen LogP contribution in [-0.2, 0) is 11.3 Å². The zero-order valence-corrected chi connectivity index (χ0v) is 9.95. The van der Waals surface area contributed by atoms with Gasteiger partial charge in [0.15, 0.2) is 11.6 Å².